The van der Waals surface area contributed by atoms with Crippen LogP contribution in [0.25, 0.3) is 11.3 Å². The van der Waals surface area contributed by atoms with E-state index in [2.05, 4.69) is 15.8 Å². The van der Waals surface area contributed by atoms with Crippen LogP contribution in [0.1, 0.15) is 16.9 Å². The van der Waals surface area contributed by atoms with Gasteiger partial charge in [-0.1, -0.05) is 30.3 Å². The van der Waals surface area contributed by atoms with Gasteiger partial charge < -0.3 is 9.73 Å². The van der Waals surface area contributed by atoms with E-state index in [4.69, 9.17) is 4.42 Å². The second kappa shape index (κ2) is 7.99. The Bertz CT molecular complexity index is 1010. The predicted octanol–water partition coefficient (Wildman–Crippen LogP) is 5.43. The van der Waals surface area contributed by atoms with Crippen molar-refractivity contribution in [1.82, 2.24) is 5.43 Å². The number of amides is 2. The number of hydrogen-bond donors (Lipinski definition) is 2. The van der Waals surface area contributed by atoms with Crippen LogP contribution in [0, 0.1) is 6.92 Å². The summed E-state index contributed by atoms with van der Waals surface area (Å²) in [6.07, 6.45) is -3.17. The van der Waals surface area contributed by atoms with E-state index in [0.29, 0.717) is 11.3 Å². The van der Waals surface area contributed by atoms with Gasteiger partial charge in [-0.3, -0.25) is 0 Å². The number of anilines is 1. The molecule has 0 aliphatic rings. The van der Waals surface area contributed by atoms with E-state index in [9.17, 15) is 18.0 Å². The Balaban J connectivity index is 1.63. The number of benzene rings is 2. The Morgan fingerprint density at radius 3 is 2.61 bits per heavy atom. The number of carbonyl (C=O) groups excluding carboxylic acids is 1. The molecule has 0 unspecified atom stereocenters. The summed E-state index contributed by atoms with van der Waals surface area (Å²) in [6, 6.07) is 14.6. The third-order valence-electron chi connectivity index (χ3n) is 3.85. The van der Waals surface area contributed by atoms with E-state index >= 15 is 0 Å². The molecule has 0 radical (unpaired) electrons. The maximum Gasteiger partial charge on any atom is 0.416 e. The van der Waals surface area contributed by atoms with Crippen LogP contribution in [-0.4, -0.2) is 12.2 Å². The summed E-state index contributed by atoms with van der Waals surface area (Å²) in [5, 5.41) is 6.42. The Morgan fingerprint density at radius 2 is 1.86 bits per heavy atom. The molecule has 1 heterocycles. The molecule has 0 aliphatic heterocycles. The fourth-order valence-corrected chi connectivity index (χ4v) is 2.44. The Kier molecular flexibility index (Phi) is 5.49. The lowest BCUT2D eigenvalue weighted by molar-refractivity contribution is -0.137. The average molecular weight is 387 g/mol. The number of aryl methyl sites for hydroxylation is 1. The number of carbonyl (C=O) groups is 1. The first-order chi connectivity index (χ1) is 13.3. The summed E-state index contributed by atoms with van der Waals surface area (Å²) in [7, 11) is 0. The van der Waals surface area contributed by atoms with Crippen molar-refractivity contribution in [3.8, 4) is 11.3 Å². The maximum absolute atomic E-state index is 12.8. The summed E-state index contributed by atoms with van der Waals surface area (Å²) in [5.74, 6) is 0.542. The second-order valence-corrected chi connectivity index (χ2v) is 5.92. The van der Waals surface area contributed by atoms with Crippen molar-refractivity contribution in [2.24, 2.45) is 5.10 Å². The number of para-hydroxylation sites is 1. The van der Waals surface area contributed by atoms with E-state index in [1.807, 2.05) is 19.1 Å². The number of hydrogen-bond acceptors (Lipinski definition) is 3. The highest BCUT2D eigenvalue weighted by atomic mass is 19.4. The average Bonchev–Trinajstić information content (AvgIpc) is 3.12. The summed E-state index contributed by atoms with van der Waals surface area (Å²) in [5.41, 5.74) is 3.38. The van der Waals surface area contributed by atoms with Crippen LogP contribution in [0.15, 0.2) is 70.2 Å². The van der Waals surface area contributed by atoms with Crippen molar-refractivity contribution in [3.63, 3.8) is 0 Å². The number of hydrazone groups is 1. The molecule has 3 aromatic rings. The van der Waals surface area contributed by atoms with E-state index < -0.39 is 17.8 Å². The highest BCUT2D eigenvalue weighted by Gasteiger charge is 2.30. The van der Waals surface area contributed by atoms with Gasteiger partial charge in [0, 0.05) is 11.3 Å². The molecule has 2 aromatic carbocycles. The SMILES string of the molecule is Cc1ccccc1NC(=O)NN=Cc1ccc(-c2cccc(C(F)(F)F)c2)o1. The normalized spacial score (nSPS) is 11.6. The Morgan fingerprint density at radius 1 is 1.07 bits per heavy atom. The quantitative estimate of drug-likeness (QED) is 0.463. The molecule has 5 nitrogen and oxygen atoms in total. The summed E-state index contributed by atoms with van der Waals surface area (Å²) < 4.78 is 43.9. The Hall–Kier alpha value is -3.55. The molecule has 0 saturated heterocycles. The zero-order valence-electron chi connectivity index (χ0n) is 14.7. The molecule has 28 heavy (non-hydrogen) atoms. The molecule has 0 fully saturated rings. The largest absolute Gasteiger partial charge is 0.455 e. The molecule has 0 bridgehead atoms. The third kappa shape index (κ3) is 4.79. The van der Waals surface area contributed by atoms with Crippen LogP contribution in [0.4, 0.5) is 23.7 Å². The van der Waals surface area contributed by atoms with Gasteiger partial charge in [0.2, 0.25) is 0 Å². The monoisotopic (exact) mass is 387 g/mol. The second-order valence-electron chi connectivity index (χ2n) is 5.92. The first-order valence-corrected chi connectivity index (χ1v) is 8.26. The molecular formula is C20H16F3N3O2. The molecule has 1 aromatic heterocycles. The fraction of sp³-hybridized carbons (Fsp3) is 0.100. The van der Waals surface area contributed by atoms with Crippen LogP contribution in [0.5, 0.6) is 0 Å². The van der Waals surface area contributed by atoms with Crippen molar-refractivity contribution in [2.75, 3.05) is 5.32 Å². The van der Waals surface area contributed by atoms with Crippen molar-refractivity contribution in [2.45, 2.75) is 13.1 Å². The molecule has 2 amide bonds. The van der Waals surface area contributed by atoms with Crippen LogP contribution >= 0.6 is 0 Å². The zero-order valence-corrected chi connectivity index (χ0v) is 14.7. The highest BCUT2D eigenvalue weighted by molar-refractivity contribution is 5.90. The number of urea groups is 1. The number of halogens is 3. The number of alkyl halides is 3. The smallest absolute Gasteiger partial charge is 0.416 e. The van der Waals surface area contributed by atoms with Gasteiger partial charge in [0.15, 0.2) is 0 Å². The molecule has 0 spiro atoms. The van der Waals surface area contributed by atoms with Crippen molar-refractivity contribution in [3.05, 3.63) is 77.6 Å². The highest BCUT2D eigenvalue weighted by Crippen LogP contribution is 2.32. The minimum Gasteiger partial charge on any atom is -0.455 e. The maximum atomic E-state index is 12.8. The number of nitrogens with one attached hydrogen (secondary N) is 2. The van der Waals surface area contributed by atoms with E-state index in [1.165, 1.54) is 24.4 Å². The summed E-state index contributed by atoms with van der Waals surface area (Å²) >= 11 is 0. The molecule has 0 aliphatic carbocycles. The van der Waals surface area contributed by atoms with Gasteiger partial charge in [0.25, 0.3) is 0 Å². The van der Waals surface area contributed by atoms with Gasteiger partial charge in [-0.05, 0) is 42.8 Å². The number of furan rings is 1. The lowest BCUT2D eigenvalue weighted by atomic mass is 10.1. The molecule has 3 rings (SSSR count). The number of nitrogens with zero attached hydrogens (tertiary/aromatic N) is 1. The van der Waals surface area contributed by atoms with Crippen molar-refractivity contribution < 1.29 is 22.4 Å². The van der Waals surface area contributed by atoms with Gasteiger partial charge in [0.05, 0.1) is 11.8 Å². The minimum atomic E-state index is -4.43. The molecule has 8 heteroatoms. The predicted molar refractivity (Wildman–Crippen MR) is 100 cm³/mol. The first-order valence-electron chi connectivity index (χ1n) is 8.26. The van der Waals surface area contributed by atoms with Gasteiger partial charge in [-0.2, -0.15) is 18.3 Å². The van der Waals surface area contributed by atoms with Crippen LogP contribution in [-0.2, 0) is 6.18 Å². The molecule has 0 saturated carbocycles. The van der Waals surface area contributed by atoms with Gasteiger partial charge in [0.1, 0.15) is 11.5 Å². The molecule has 0 atom stereocenters. The zero-order chi connectivity index (χ0) is 20.1. The summed E-state index contributed by atoms with van der Waals surface area (Å²) in [4.78, 5) is 11.8. The standard InChI is InChI=1S/C20H16F3N3O2/c1-13-5-2-3-8-17(13)25-19(27)26-24-12-16-9-10-18(28-16)14-6-4-7-15(11-14)20(21,22)23/h2-12H,1H3,(H2,25,26,27). The Labute approximate surface area is 158 Å². The van der Waals surface area contributed by atoms with Crippen molar-refractivity contribution in [1.29, 1.82) is 0 Å². The fourth-order valence-electron chi connectivity index (χ4n) is 2.44. The lowest BCUT2D eigenvalue weighted by Gasteiger charge is -2.07. The van der Waals surface area contributed by atoms with Crippen molar-refractivity contribution >= 4 is 17.9 Å². The van der Waals surface area contributed by atoms with E-state index in [0.717, 1.165) is 17.7 Å². The number of rotatable bonds is 4. The van der Waals surface area contributed by atoms with Gasteiger partial charge >= 0.3 is 12.2 Å². The lowest BCUT2D eigenvalue weighted by Crippen LogP contribution is -2.24. The van der Waals surface area contributed by atoms with Gasteiger partial charge in [-0.15, -0.1) is 0 Å². The first kappa shape index (κ1) is 19.2. The van der Waals surface area contributed by atoms with E-state index in [-0.39, 0.29) is 11.5 Å². The molecular weight excluding hydrogens is 371 g/mol. The van der Waals surface area contributed by atoms with Crippen LogP contribution in [0.2, 0.25) is 0 Å². The molecule has 2 N–H and O–H groups in total. The molecule has 144 valence electrons. The van der Waals surface area contributed by atoms with Crippen LogP contribution < -0.4 is 10.7 Å². The topological polar surface area (TPSA) is 66.6 Å². The van der Waals surface area contributed by atoms with E-state index in [1.54, 1.807) is 18.2 Å². The minimum absolute atomic E-state index is 0.261. The van der Waals surface area contributed by atoms with Gasteiger partial charge in [-0.25, -0.2) is 10.2 Å². The summed E-state index contributed by atoms with van der Waals surface area (Å²) in [6.45, 7) is 1.86. The third-order valence-corrected chi connectivity index (χ3v) is 3.85. The van der Waals surface area contributed by atoms with Crippen LogP contribution in [0.3, 0.4) is 0 Å².